The number of amidine groups is 1. The lowest BCUT2D eigenvalue weighted by atomic mass is 10.3. The van der Waals surface area contributed by atoms with Crippen LogP contribution in [0.15, 0.2) is 58.4 Å². The molecule has 0 saturated heterocycles. The smallest absolute Gasteiger partial charge is 0.209 e. The largest absolute Gasteiger partial charge is 0.363 e. The highest BCUT2D eigenvalue weighted by Crippen LogP contribution is 2.18. The molecule has 0 saturated carbocycles. The lowest BCUT2D eigenvalue weighted by Crippen LogP contribution is -2.30. The molecule has 5 N–H and O–H groups in total. The standard InChI is InChI=1S/C19H19FN10O2/c1-12(26-19(25-11-21)27-14-3-2-8-23-10-14)9-24-18-16(28-32-29-18)17(22)30(31)15-6-4-13(20)5-7-15/h2-8,10,12,22,31H,9H2,1H3,(H,24,29)(H2,25,26,27). The zero-order valence-corrected chi connectivity index (χ0v) is 16.8. The summed E-state index contributed by atoms with van der Waals surface area (Å²) in [5.41, 5.74) is 0.753. The number of halogens is 1. The zero-order valence-electron chi connectivity index (χ0n) is 16.8. The first kappa shape index (κ1) is 22.1. The van der Waals surface area contributed by atoms with Gasteiger partial charge in [0.05, 0.1) is 23.6 Å². The Morgan fingerprint density at radius 2 is 2.12 bits per heavy atom. The van der Waals surface area contributed by atoms with E-state index < -0.39 is 11.7 Å². The minimum atomic E-state index is -0.475. The van der Waals surface area contributed by atoms with Gasteiger partial charge in [0.25, 0.3) is 0 Å². The summed E-state index contributed by atoms with van der Waals surface area (Å²) >= 11 is 0. The summed E-state index contributed by atoms with van der Waals surface area (Å²) in [6.07, 6.45) is 5.02. The lowest BCUT2D eigenvalue weighted by molar-refractivity contribution is 0.300. The van der Waals surface area contributed by atoms with Gasteiger partial charge in [0, 0.05) is 12.7 Å². The van der Waals surface area contributed by atoms with E-state index in [2.05, 4.69) is 36.2 Å². The number of aliphatic imine (C=N–C) groups is 1. The van der Waals surface area contributed by atoms with E-state index in [9.17, 15) is 9.60 Å². The van der Waals surface area contributed by atoms with Gasteiger partial charge >= 0.3 is 0 Å². The first-order valence-electron chi connectivity index (χ1n) is 9.27. The fraction of sp³-hybridized carbons (Fsp3) is 0.158. The van der Waals surface area contributed by atoms with Gasteiger partial charge in [-0.05, 0) is 53.6 Å². The summed E-state index contributed by atoms with van der Waals surface area (Å²) < 4.78 is 17.8. The molecule has 2 heterocycles. The molecule has 12 nitrogen and oxygen atoms in total. The van der Waals surface area contributed by atoms with Crippen LogP contribution in [0.5, 0.6) is 0 Å². The van der Waals surface area contributed by atoms with Gasteiger partial charge in [0.2, 0.25) is 11.8 Å². The van der Waals surface area contributed by atoms with Crippen molar-refractivity contribution in [1.82, 2.24) is 20.6 Å². The van der Waals surface area contributed by atoms with Crippen LogP contribution < -0.4 is 21.0 Å². The van der Waals surface area contributed by atoms with Crippen molar-refractivity contribution in [3.63, 3.8) is 0 Å². The number of hydrogen-bond donors (Lipinski definition) is 5. The Morgan fingerprint density at radius 3 is 2.81 bits per heavy atom. The highest BCUT2D eigenvalue weighted by Gasteiger charge is 2.21. The van der Waals surface area contributed by atoms with Crippen LogP contribution >= 0.6 is 0 Å². The highest BCUT2D eigenvalue weighted by atomic mass is 19.1. The molecule has 0 fully saturated rings. The molecule has 0 aliphatic rings. The second-order valence-electron chi connectivity index (χ2n) is 6.41. The number of benzene rings is 1. The molecule has 32 heavy (non-hydrogen) atoms. The molecule has 0 aliphatic heterocycles. The number of guanidine groups is 1. The fourth-order valence-corrected chi connectivity index (χ4v) is 2.50. The molecule has 164 valence electrons. The van der Waals surface area contributed by atoms with Gasteiger partial charge in [-0.3, -0.25) is 20.9 Å². The monoisotopic (exact) mass is 438 g/mol. The van der Waals surface area contributed by atoms with Gasteiger partial charge in [0.1, 0.15) is 5.82 Å². The Morgan fingerprint density at radius 1 is 1.34 bits per heavy atom. The number of nitrogens with one attached hydrogen (secondary N) is 4. The predicted molar refractivity (Wildman–Crippen MR) is 114 cm³/mol. The number of hydroxylamine groups is 1. The maximum atomic E-state index is 13.1. The highest BCUT2D eigenvalue weighted by molar-refractivity contribution is 6.07. The van der Waals surface area contributed by atoms with Crippen LogP contribution in [-0.2, 0) is 0 Å². The van der Waals surface area contributed by atoms with Crippen molar-refractivity contribution in [1.29, 1.82) is 10.7 Å². The van der Waals surface area contributed by atoms with Crippen LogP contribution in [0.4, 0.5) is 21.6 Å². The molecule has 0 spiro atoms. The van der Waals surface area contributed by atoms with Gasteiger partial charge in [-0.2, -0.15) is 5.26 Å². The maximum absolute atomic E-state index is 13.1. The number of nitriles is 1. The van der Waals surface area contributed by atoms with Gasteiger partial charge in [-0.15, -0.1) is 0 Å². The summed E-state index contributed by atoms with van der Waals surface area (Å²) in [6.45, 7) is 2.02. The number of nitrogens with zero attached hydrogens (tertiary/aromatic N) is 6. The van der Waals surface area contributed by atoms with Crippen molar-refractivity contribution in [3.05, 3.63) is 60.3 Å². The van der Waals surface area contributed by atoms with Gasteiger partial charge in [-0.1, -0.05) is 0 Å². The van der Waals surface area contributed by atoms with Crippen molar-refractivity contribution in [3.8, 4) is 6.19 Å². The van der Waals surface area contributed by atoms with Crippen molar-refractivity contribution in [2.24, 2.45) is 4.99 Å². The van der Waals surface area contributed by atoms with E-state index in [4.69, 9.17) is 15.3 Å². The van der Waals surface area contributed by atoms with Crippen LogP contribution in [0.3, 0.4) is 0 Å². The Balaban J connectivity index is 1.65. The van der Waals surface area contributed by atoms with E-state index in [1.807, 2.05) is 6.19 Å². The first-order valence-corrected chi connectivity index (χ1v) is 9.27. The second-order valence-corrected chi connectivity index (χ2v) is 6.41. The van der Waals surface area contributed by atoms with E-state index >= 15 is 0 Å². The summed E-state index contributed by atoms with van der Waals surface area (Å²) in [4.78, 5) is 8.36. The maximum Gasteiger partial charge on any atom is 0.209 e. The SMILES string of the molecule is CC(CNc1nonc1C(=N)N(O)c1ccc(F)cc1)N=C(NC#N)Nc1cccnc1. The summed E-state index contributed by atoms with van der Waals surface area (Å²) in [5.74, 6) is -0.578. The lowest BCUT2D eigenvalue weighted by Gasteiger charge is -2.16. The molecule has 0 bridgehead atoms. The summed E-state index contributed by atoms with van der Waals surface area (Å²) in [7, 11) is 0. The molecule has 3 rings (SSSR count). The second kappa shape index (κ2) is 10.5. The minimum Gasteiger partial charge on any atom is -0.363 e. The number of rotatable bonds is 7. The Bertz CT molecular complexity index is 1110. The van der Waals surface area contributed by atoms with E-state index in [0.717, 1.165) is 12.1 Å². The molecule has 0 aliphatic carbocycles. The molecule has 0 radical (unpaired) electrons. The Kier molecular flexibility index (Phi) is 7.23. The summed E-state index contributed by atoms with van der Waals surface area (Å²) in [5, 5.41) is 43.6. The Hall–Kier alpha value is -4.57. The molecule has 2 aromatic heterocycles. The quantitative estimate of drug-likeness (QED) is 0.121. The number of aromatic nitrogens is 3. The first-order chi connectivity index (χ1) is 15.5. The van der Waals surface area contributed by atoms with Crippen LogP contribution in [0.2, 0.25) is 0 Å². The third kappa shape index (κ3) is 5.74. The minimum absolute atomic E-state index is 0.0585. The van der Waals surface area contributed by atoms with Gasteiger partial charge in [0.15, 0.2) is 17.7 Å². The van der Waals surface area contributed by atoms with E-state index in [1.54, 1.807) is 31.5 Å². The van der Waals surface area contributed by atoms with E-state index in [1.165, 1.54) is 12.1 Å². The summed E-state index contributed by atoms with van der Waals surface area (Å²) in [6, 6.07) is 8.07. The number of pyridine rings is 1. The van der Waals surface area contributed by atoms with Gasteiger partial charge in [-0.25, -0.2) is 19.1 Å². The molecular weight excluding hydrogens is 419 g/mol. The van der Waals surface area contributed by atoms with E-state index in [0.29, 0.717) is 10.8 Å². The molecular formula is C19H19FN10O2. The molecule has 13 heteroatoms. The normalized spacial score (nSPS) is 11.9. The van der Waals surface area contributed by atoms with Crippen molar-refractivity contribution >= 4 is 29.0 Å². The van der Waals surface area contributed by atoms with Crippen LogP contribution in [0.1, 0.15) is 12.6 Å². The third-order valence-corrected chi connectivity index (χ3v) is 4.01. The topological polar surface area (TPSA) is 171 Å². The van der Waals surface area contributed by atoms with Crippen molar-refractivity contribution in [2.75, 3.05) is 22.2 Å². The average molecular weight is 438 g/mol. The molecule has 1 unspecified atom stereocenters. The molecule has 1 atom stereocenters. The number of hydrogen-bond acceptors (Lipinski definition) is 9. The zero-order chi connectivity index (χ0) is 22.9. The van der Waals surface area contributed by atoms with Crippen LogP contribution in [-0.4, -0.2) is 44.9 Å². The van der Waals surface area contributed by atoms with Crippen molar-refractivity contribution < 1.29 is 14.2 Å². The van der Waals surface area contributed by atoms with Gasteiger partial charge < -0.3 is 10.6 Å². The third-order valence-electron chi connectivity index (χ3n) is 4.01. The van der Waals surface area contributed by atoms with E-state index in [-0.39, 0.29) is 35.7 Å². The molecule has 0 amide bonds. The van der Waals surface area contributed by atoms with Crippen LogP contribution in [0, 0.1) is 22.7 Å². The Labute approximate surface area is 181 Å². The van der Waals surface area contributed by atoms with Crippen LogP contribution in [0.25, 0.3) is 0 Å². The number of anilines is 3. The fourth-order valence-electron chi connectivity index (χ4n) is 2.50. The van der Waals surface area contributed by atoms with Crippen molar-refractivity contribution in [2.45, 2.75) is 13.0 Å². The average Bonchev–Trinajstić information content (AvgIpc) is 3.27. The molecule has 3 aromatic rings. The predicted octanol–water partition coefficient (Wildman–Crippen LogP) is 2.16. The molecule has 1 aromatic carbocycles.